The quantitative estimate of drug-likeness (QED) is 0.333. The van der Waals surface area contributed by atoms with Gasteiger partial charge in [-0.3, -0.25) is 14.9 Å². The molecular formula is C16H10Cl2N4O5. The van der Waals surface area contributed by atoms with Crippen LogP contribution in [0.15, 0.2) is 30.3 Å². The fourth-order valence-electron chi connectivity index (χ4n) is 2.00. The van der Waals surface area contributed by atoms with E-state index in [1.807, 2.05) is 0 Å². The Morgan fingerprint density at radius 1 is 1.30 bits per heavy atom. The summed E-state index contributed by atoms with van der Waals surface area (Å²) in [6.07, 6.45) is 0. The molecule has 0 aliphatic heterocycles. The highest BCUT2D eigenvalue weighted by Crippen LogP contribution is 2.28. The monoisotopic (exact) mass is 408 g/mol. The Kier molecular flexibility index (Phi) is 6.18. The third-order valence-electron chi connectivity index (χ3n) is 3.26. The SMILES string of the molecule is N#Cc1cc([N+](=O)[O-])ccc1NC(=O)COC(=O)c1cc(Cl)cc(Cl)c1N. The molecule has 0 aliphatic rings. The van der Waals surface area contributed by atoms with Gasteiger partial charge in [-0.2, -0.15) is 5.26 Å². The number of rotatable bonds is 5. The molecule has 0 heterocycles. The van der Waals surface area contributed by atoms with Crippen molar-refractivity contribution in [1.29, 1.82) is 5.26 Å². The van der Waals surface area contributed by atoms with E-state index < -0.39 is 23.4 Å². The van der Waals surface area contributed by atoms with E-state index in [1.165, 1.54) is 18.2 Å². The summed E-state index contributed by atoms with van der Waals surface area (Å²) >= 11 is 11.6. The van der Waals surface area contributed by atoms with Crippen LogP contribution < -0.4 is 11.1 Å². The lowest BCUT2D eigenvalue weighted by atomic mass is 10.1. The first kappa shape index (κ1) is 20.0. The Morgan fingerprint density at radius 2 is 2.00 bits per heavy atom. The van der Waals surface area contributed by atoms with Gasteiger partial charge in [0, 0.05) is 17.2 Å². The molecule has 0 atom stereocenters. The van der Waals surface area contributed by atoms with E-state index >= 15 is 0 Å². The molecule has 0 spiro atoms. The molecule has 138 valence electrons. The van der Waals surface area contributed by atoms with Crippen LogP contribution in [0.5, 0.6) is 0 Å². The van der Waals surface area contributed by atoms with Crippen molar-refractivity contribution in [3.05, 3.63) is 61.6 Å². The van der Waals surface area contributed by atoms with Crippen LogP contribution in [0, 0.1) is 21.4 Å². The van der Waals surface area contributed by atoms with Crippen LogP contribution in [-0.4, -0.2) is 23.4 Å². The molecule has 2 aromatic carbocycles. The number of benzene rings is 2. The normalized spacial score (nSPS) is 9.96. The first-order valence-corrected chi connectivity index (χ1v) is 7.88. The number of ether oxygens (including phenoxy) is 1. The number of nitrogen functional groups attached to an aromatic ring is 1. The number of nitro benzene ring substituents is 1. The van der Waals surface area contributed by atoms with Crippen LogP contribution >= 0.6 is 23.2 Å². The molecule has 0 aliphatic carbocycles. The number of anilines is 2. The Bertz CT molecular complexity index is 988. The number of halogens is 2. The van der Waals surface area contributed by atoms with Crippen molar-refractivity contribution in [2.24, 2.45) is 0 Å². The zero-order chi connectivity index (χ0) is 20.1. The van der Waals surface area contributed by atoms with E-state index in [2.05, 4.69) is 5.32 Å². The third kappa shape index (κ3) is 4.84. The average Bonchev–Trinajstić information content (AvgIpc) is 2.62. The van der Waals surface area contributed by atoms with E-state index in [0.717, 1.165) is 12.1 Å². The van der Waals surface area contributed by atoms with Crippen molar-refractivity contribution < 1.29 is 19.2 Å². The van der Waals surface area contributed by atoms with Crippen LogP contribution in [0.1, 0.15) is 15.9 Å². The van der Waals surface area contributed by atoms with Gasteiger partial charge in [0.1, 0.15) is 6.07 Å². The molecule has 1 amide bonds. The summed E-state index contributed by atoms with van der Waals surface area (Å²) in [4.78, 5) is 34.0. The smallest absolute Gasteiger partial charge is 0.340 e. The molecule has 0 saturated carbocycles. The fraction of sp³-hybridized carbons (Fsp3) is 0.0625. The largest absolute Gasteiger partial charge is 0.452 e. The maximum Gasteiger partial charge on any atom is 0.340 e. The zero-order valence-electron chi connectivity index (χ0n) is 13.4. The van der Waals surface area contributed by atoms with Gasteiger partial charge in [-0.25, -0.2) is 4.79 Å². The second kappa shape index (κ2) is 8.35. The third-order valence-corrected chi connectivity index (χ3v) is 3.79. The number of hydrogen-bond acceptors (Lipinski definition) is 7. The van der Waals surface area contributed by atoms with Gasteiger partial charge in [-0.1, -0.05) is 23.2 Å². The van der Waals surface area contributed by atoms with Crippen LogP contribution in [-0.2, 0) is 9.53 Å². The number of carbonyl (C=O) groups is 2. The standard InChI is InChI=1S/C16H10Cl2N4O5/c17-9-4-11(15(20)12(18)5-9)16(24)27-7-14(23)21-13-2-1-10(22(25)26)3-8(13)6-19/h1-5H,7,20H2,(H,21,23). The van der Waals surface area contributed by atoms with Crippen LogP contribution in [0.3, 0.4) is 0 Å². The number of nitriles is 1. The van der Waals surface area contributed by atoms with E-state index in [4.69, 9.17) is 38.9 Å². The summed E-state index contributed by atoms with van der Waals surface area (Å²) < 4.78 is 4.85. The topological polar surface area (TPSA) is 148 Å². The molecule has 0 saturated heterocycles. The lowest BCUT2D eigenvalue weighted by Crippen LogP contribution is -2.22. The number of non-ortho nitro benzene ring substituents is 1. The van der Waals surface area contributed by atoms with Crippen LogP contribution in [0.2, 0.25) is 10.0 Å². The first-order valence-electron chi connectivity index (χ1n) is 7.13. The summed E-state index contributed by atoms with van der Waals surface area (Å²) in [5.74, 6) is -1.68. The summed E-state index contributed by atoms with van der Waals surface area (Å²) in [7, 11) is 0. The molecule has 0 fully saturated rings. The summed E-state index contributed by atoms with van der Waals surface area (Å²) in [6, 6.07) is 7.66. The second-order valence-corrected chi connectivity index (χ2v) is 5.92. The number of nitro groups is 1. The zero-order valence-corrected chi connectivity index (χ0v) is 14.9. The summed E-state index contributed by atoms with van der Waals surface area (Å²) in [5.41, 5.74) is 5.14. The molecule has 9 nitrogen and oxygen atoms in total. The molecule has 2 rings (SSSR count). The fourth-order valence-corrected chi connectivity index (χ4v) is 2.49. The van der Waals surface area contributed by atoms with Crippen molar-refractivity contribution in [3.8, 4) is 6.07 Å². The van der Waals surface area contributed by atoms with Gasteiger partial charge in [-0.05, 0) is 18.2 Å². The van der Waals surface area contributed by atoms with Gasteiger partial charge in [0.2, 0.25) is 0 Å². The Morgan fingerprint density at radius 3 is 2.63 bits per heavy atom. The van der Waals surface area contributed by atoms with Crippen molar-refractivity contribution in [2.45, 2.75) is 0 Å². The number of hydrogen-bond donors (Lipinski definition) is 2. The first-order chi connectivity index (χ1) is 12.7. The van der Waals surface area contributed by atoms with E-state index in [0.29, 0.717) is 0 Å². The van der Waals surface area contributed by atoms with Crippen molar-refractivity contribution in [2.75, 3.05) is 17.7 Å². The number of nitrogens with zero attached hydrogens (tertiary/aromatic N) is 2. The van der Waals surface area contributed by atoms with Crippen LogP contribution in [0.4, 0.5) is 17.1 Å². The minimum atomic E-state index is -0.920. The Balaban J connectivity index is 2.06. The van der Waals surface area contributed by atoms with Crippen molar-refractivity contribution >= 4 is 52.1 Å². The average molecular weight is 409 g/mol. The lowest BCUT2D eigenvalue weighted by molar-refractivity contribution is -0.384. The Hall–Kier alpha value is -3.35. The summed E-state index contributed by atoms with van der Waals surface area (Å²) in [5, 5.41) is 22.3. The molecule has 0 aromatic heterocycles. The molecule has 0 bridgehead atoms. The van der Waals surface area contributed by atoms with Gasteiger partial charge in [0.05, 0.1) is 32.4 Å². The number of carbonyl (C=O) groups excluding carboxylic acids is 2. The second-order valence-electron chi connectivity index (χ2n) is 5.07. The lowest BCUT2D eigenvalue weighted by Gasteiger charge is -2.10. The van der Waals surface area contributed by atoms with Gasteiger partial charge in [0.15, 0.2) is 6.61 Å². The number of esters is 1. The van der Waals surface area contributed by atoms with Gasteiger partial charge < -0.3 is 15.8 Å². The number of amides is 1. The van der Waals surface area contributed by atoms with Crippen molar-refractivity contribution in [3.63, 3.8) is 0 Å². The maximum absolute atomic E-state index is 12.0. The summed E-state index contributed by atoms with van der Waals surface area (Å²) in [6.45, 7) is -0.690. The number of nitrogens with two attached hydrogens (primary N) is 1. The number of nitrogens with one attached hydrogen (secondary N) is 1. The molecular weight excluding hydrogens is 399 g/mol. The Labute approximate surface area is 162 Å². The molecule has 3 N–H and O–H groups in total. The highest BCUT2D eigenvalue weighted by molar-refractivity contribution is 6.37. The van der Waals surface area contributed by atoms with Gasteiger partial charge >= 0.3 is 5.97 Å². The highest BCUT2D eigenvalue weighted by Gasteiger charge is 2.18. The molecule has 2 aromatic rings. The van der Waals surface area contributed by atoms with Gasteiger partial charge in [0.25, 0.3) is 11.6 Å². The van der Waals surface area contributed by atoms with E-state index in [1.54, 1.807) is 6.07 Å². The molecule has 27 heavy (non-hydrogen) atoms. The van der Waals surface area contributed by atoms with Gasteiger partial charge in [-0.15, -0.1) is 0 Å². The predicted molar refractivity (Wildman–Crippen MR) is 97.6 cm³/mol. The predicted octanol–water partition coefficient (Wildman–Crippen LogP) is 3.15. The minimum absolute atomic E-state index is 0.0365. The van der Waals surface area contributed by atoms with Crippen LogP contribution in [0.25, 0.3) is 0 Å². The minimum Gasteiger partial charge on any atom is -0.452 e. The van der Waals surface area contributed by atoms with E-state index in [-0.39, 0.29) is 38.2 Å². The van der Waals surface area contributed by atoms with Crippen molar-refractivity contribution in [1.82, 2.24) is 0 Å². The highest BCUT2D eigenvalue weighted by atomic mass is 35.5. The maximum atomic E-state index is 12.0. The molecule has 11 heteroatoms. The molecule has 0 unspecified atom stereocenters. The molecule has 0 radical (unpaired) electrons. The van der Waals surface area contributed by atoms with E-state index in [9.17, 15) is 19.7 Å².